The minimum atomic E-state index is -1.76. The molecule has 0 unspecified atom stereocenters. The Bertz CT molecular complexity index is 720. The van der Waals surface area contributed by atoms with E-state index in [1.165, 1.54) is 0 Å². The van der Waals surface area contributed by atoms with E-state index in [-0.39, 0.29) is 5.04 Å². The average Bonchev–Trinajstić information content (AvgIpc) is 2.49. The molecule has 0 aromatic carbocycles. The summed E-state index contributed by atoms with van der Waals surface area (Å²) in [7, 11) is -1.76. The topological polar surface area (TPSA) is 44.2 Å². The fourth-order valence-electron chi connectivity index (χ4n) is 2.01. The van der Waals surface area contributed by atoms with Gasteiger partial charge in [-0.15, -0.1) is 0 Å². The third-order valence-electron chi connectivity index (χ3n) is 4.46. The summed E-state index contributed by atoms with van der Waals surface area (Å²) in [6.45, 7) is 12.2. The van der Waals surface area contributed by atoms with Gasteiger partial charge in [0, 0.05) is 17.6 Å². The second kappa shape index (κ2) is 7.68. The number of rotatable bonds is 6. The second-order valence-electron chi connectivity index (χ2n) is 7.20. The molecule has 2 heterocycles. The first-order valence-electron chi connectivity index (χ1n) is 7.92. The predicted octanol–water partition coefficient (Wildman–Crippen LogP) is 5.58. The van der Waals surface area contributed by atoms with Gasteiger partial charge in [-0.2, -0.15) is 0 Å². The number of pyridine rings is 2. The highest BCUT2D eigenvalue weighted by molar-refractivity contribution is 9.08. The zero-order valence-electron chi connectivity index (χ0n) is 14.8. The van der Waals surface area contributed by atoms with E-state index >= 15 is 0 Å². The summed E-state index contributed by atoms with van der Waals surface area (Å²) < 4.78 is 12.0. The van der Waals surface area contributed by atoms with Crippen LogP contribution in [0.5, 0.6) is 5.75 Å². The first-order chi connectivity index (χ1) is 11.2. The maximum Gasteiger partial charge on any atom is 0.192 e. The third kappa shape index (κ3) is 4.48. The number of aromatic nitrogens is 2. The molecule has 0 amide bonds. The lowest BCUT2D eigenvalue weighted by Crippen LogP contribution is -2.41. The lowest BCUT2D eigenvalue weighted by molar-refractivity contribution is 0.204. The number of alkyl halides is 1. The summed E-state index contributed by atoms with van der Waals surface area (Å²) in [5.74, 6) is 0.684. The fraction of sp³-hybridized carbons (Fsp3) is 0.529. The minimum absolute atomic E-state index is 0.191. The second-order valence-corrected chi connectivity index (χ2v) is 13.0. The Kier molecular flexibility index (Phi) is 6.28. The molecule has 0 atom stereocenters. The smallest absolute Gasteiger partial charge is 0.192 e. The molecule has 24 heavy (non-hydrogen) atoms. The van der Waals surface area contributed by atoms with Crippen LogP contribution < -0.4 is 4.74 Å². The molecule has 7 heteroatoms. The summed E-state index contributed by atoms with van der Waals surface area (Å²) in [5, 5.41) is 1.29. The van der Waals surface area contributed by atoms with Gasteiger partial charge in [-0.25, -0.2) is 4.98 Å². The maximum absolute atomic E-state index is 6.14. The van der Waals surface area contributed by atoms with E-state index in [0.717, 1.165) is 11.1 Å². The molecule has 0 aliphatic heterocycles. The molecule has 0 aliphatic carbocycles. The fourth-order valence-corrected chi connectivity index (χ4v) is 3.68. The van der Waals surface area contributed by atoms with Crippen LogP contribution in [0.3, 0.4) is 0 Å². The van der Waals surface area contributed by atoms with Crippen LogP contribution in [0.1, 0.15) is 26.3 Å². The molecule has 2 rings (SSSR count). The highest BCUT2D eigenvalue weighted by Gasteiger charge is 2.36. The van der Waals surface area contributed by atoms with Gasteiger partial charge in [0.2, 0.25) is 0 Å². The van der Waals surface area contributed by atoms with Gasteiger partial charge >= 0.3 is 0 Å². The highest BCUT2D eigenvalue weighted by atomic mass is 79.9. The van der Waals surface area contributed by atoms with Crippen molar-refractivity contribution in [2.45, 2.75) is 44.2 Å². The molecule has 4 nitrogen and oxygen atoms in total. The van der Waals surface area contributed by atoms with Crippen LogP contribution >= 0.6 is 27.5 Å². The third-order valence-corrected chi connectivity index (χ3v) is 9.79. The number of nitrogens with zero attached hydrogens (tertiary/aromatic N) is 2. The van der Waals surface area contributed by atoms with Crippen LogP contribution in [0.2, 0.25) is 23.3 Å². The van der Waals surface area contributed by atoms with E-state index in [2.05, 4.69) is 59.8 Å². The largest absolute Gasteiger partial charge is 0.489 e. The monoisotopic (exact) mass is 430 g/mol. The molecule has 0 N–H and O–H groups in total. The Labute approximate surface area is 158 Å². The molecule has 0 fully saturated rings. The Balaban J connectivity index is 2.10. The number of hydrogen-bond acceptors (Lipinski definition) is 4. The van der Waals surface area contributed by atoms with Gasteiger partial charge < -0.3 is 9.16 Å². The van der Waals surface area contributed by atoms with Crippen molar-refractivity contribution in [2.75, 3.05) is 13.2 Å². The Morgan fingerprint density at radius 3 is 2.54 bits per heavy atom. The van der Waals surface area contributed by atoms with Crippen LogP contribution in [0.25, 0.3) is 11.0 Å². The highest BCUT2D eigenvalue weighted by Crippen LogP contribution is 2.36. The first kappa shape index (κ1) is 19.6. The maximum atomic E-state index is 6.14. The lowest BCUT2D eigenvalue weighted by Gasteiger charge is -2.36. The number of halogens is 2. The molecule has 0 aliphatic rings. The predicted molar refractivity (Wildman–Crippen MR) is 106 cm³/mol. The van der Waals surface area contributed by atoms with E-state index in [1.807, 2.05) is 12.1 Å². The lowest BCUT2D eigenvalue weighted by atomic mass is 10.2. The van der Waals surface area contributed by atoms with E-state index in [4.69, 9.17) is 20.8 Å². The molecule has 0 bridgehead atoms. The summed E-state index contributed by atoms with van der Waals surface area (Å²) in [6.07, 6.45) is 1.73. The van der Waals surface area contributed by atoms with E-state index in [0.29, 0.717) is 35.0 Å². The van der Waals surface area contributed by atoms with Crippen LogP contribution in [0.15, 0.2) is 18.3 Å². The molecule has 0 radical (unpaired) electrons. The Morgan fingerprint density at radius 1 is 1.21 bits per heavy atom. The minimum Gasteiger partial charge on any atom is -0.489 e. The van der Waals surface area contributed by atoms with Crippen molar-refractivity contribution in [3.05, 3.63) is 29.0 Å². The summed E-state index contributed by atoms with van der Waals surface area (Å²) >= 11 is 9.57. The van der Waals surface area contributed by atoms with Crippen molar-refractivity contribution in [1.82, 2.24) is 9.97 Å². The van der Waals surface area contributed by atoms with E-state index in [1.54, 1.807) is 6.20 Å². The van der Waals surface area contributed by atoms with Crippen molar-refractivity contribution in [2.24, 2.45) is 0 Å². The molecule has 0 saturated carbocycles. The van der Waals surface area contributed by atoms with Crippen molar-refractivity contribution < 1.29 is 9.16 Å². The van der Waals surface area contributed by atoms with Gasteiger partial charge in [0.25, 0.3) is 0 Å². The van der Waals surface area contributed by atoms with Gasteiger partial charge in [0.15, 0.2) is 8.32 Å². The van der Waals surface area contributed by atoms with Crippen LogP contribution in [0.4, 0.5) is 0 Å². The summed E-state index contributed by atoms with van der Waals surface area (Å²) in [4.78, 5) is 8.77. The number of hydrogen-bond donors (Lipinski definition) is 0. The molecular formula is C17H24BrClN2O2Si. The zero-order valence-corrected chi connectivity index (χ0v) is 18.2. The van der Waals surface area contributed by atoms with Crippen LogP contribution in [-0.2, 0) is 9.76 Å². The van der Waals surface area contributed by atoms with Gasteiger partial charge in [0.05, 0.1) is 12.1 Å². The normalized spacial score (nSPS) is 12.6. The average molecular weight is 432 g/mol. The van der Waals surface area contributed by atoms with Gasteiger partial charge in [-0.1, -0.05) is 48.3 Å². The van der Waals surface area contributed by atoms with Crippen molar-refractivity contribution in [3.63, 3.8) is 0 Å². The molecule has 0 spiro atoms. The summed E-state index contributed by atoms with van der Waals surface area (Å²) in [5.41, 5.74) is 2.49. The van der Waals surface area contributed by atoms with Gasteiger partial charge in [0.1, 0.15) is 23.0 Å². The van der Waals surface area contributed by atoms with Crippen molar-refractivity contribution in [3.8, 4) is 5.75 Å². The molecular weight excluding hydrogens is 408 g/mol. The van der Waals surface area contributed by atoms with Crippen molar-refractivity contribution >= 4 is 46.9 Å². The molecule has 2 aromatic heterocycles. The SMILES string of the molecule is CC(C)(C)[Si](C)(C)OCCOc1ccnc2c(CBr)cc(Cl)nc12. The van der Waals surface area contributed by atoms with Crippen LogP contribution in [0, 0.1) is 0 Å². The molecule has 132 valence electrons. The quantitative estimate of drug-likeness (QED) is 0.259. The van der Waals surface area contributed by atoms with Gasteiger partial charge in [-0.3, -0.25) is 4.98 Å². The Morgan fingerprint density at radius 2 is 1.92 bits per heavy atom. The molecule has 2 aromatic rings. The first-order valence-corrected chi connectivity index (χ1v) is 12.3. The summed E-state index contributed by atoms with van der Waals surface area (Å²) in [6, 6.07) is 3.63. The van der Waals surface area contributed by atoms with E-state index < -0.39 is 8.32 Å². The van der Waals surface area contributed by atoms with Gasteiger partial charge in [-0.05, 0) is 29.8 Å². The number of fused-ring (bicyclic) bond motifs is 1. The van der Waals surface area contributed by atoms with Crippen molar-refractivity contribution in [1.29, 1.82) is 0 Å². The Hall–Kier alpha value is -0.693. The molecule has 0 saturated heterocycles. The zero-order chi connectivity index (χ0) is 18.0. The number of ether oxygens (including phenoxy) is 1. The standard InChI is InChI=1S/C17H24BrClN2O2Si/c1-17(2,3)24(4,5)23-9-8-22-13-6-7-20-15-12(11-18)10-14(19)21-16(13)15/h6-7,10H,8-9,11H2,1-5H3. The van der Waals surface area contributed by atoms with E-state index in [9.17, 15) is 0 Å². The van der Waals surface area contributed by atoms with Crippen LogP contribution in [-0.4, -0.2) is 31.5 Å².